The van der Waals surface area contributed by atoms with E-state index in [1.807, 2.05) is 6.92 Å². The summed E-state index contributed by atoms with van der Waals surface area (Å²) in [5, 5.41) is 13.3. The van der Waals surface area contributed by atoms with E-state index in [4.69, 9.17) is 0 Å². The number of aromatic amines is 1. The van der Waals surface area contributed by atoms with E-state index in [0.717, 1.165) is 23.7 Å². The summed E-state index contributed by atoms with van der Waals surface area (Å²) in [4.78, 5) is 15.0. The van der Waals surface area contributed by atoms with Crippen molar-refractivity contribution in [3.05, 3.63) is 33.2 Å². The highest BCUT2D eigenvalue weighted by molar-refractivity contribution is 7.14. The summed E-state index contributed by atoms with van der Waals surface area (Å²) in [5.41, 5.74) is 1.41. The van der Waals surface area contributed by atoms with Gasteiger partial charge in [0.25, 0.3) is 0 Å². The summed E-state index contributed by atoms with van der Waals surface area (Å²) in [7, 11) is 0. The van der Waals surface area contributed by atoms with E-state index < -0.39 is 0 Å². The molecule has 2 heterocycles. The molecule has 0 spiro atoms. The Morgan fingerprint density at radius 3 is 2.84 bits per heavy atom. The molecule has 0 radical (unpaired) electrons. The molecule has 102 valence electrons. The van der Waals surface area contributed by atoms with Gasteiger partial charge in [0.05, 0.1) is 11.6 Å². The van der Waals surface area contributed by atoms with Crippen LogP contribution < -0.4 is 10.7 Å². The molecule has 0 saturated carbocycles. The first-order chi connectivity index (χ1) is 9.15. The Bertz CT molecular complexity index is 605. The zero-order chi connectivity index (χ0) is 13.8. The molecule has 0 aliphatic heterocycles. The molecule has 2 N–H and O–H groups in total. The lowest BCUT2D eigenvalue weighted by Crippen LogP contribution is -2.19. The van der Waals surface area contributed by atoms with E-state index in [9.17, 15) is 4.79 Å². The Hall–Kier alpha value is -1.53. The van der Waals surface area contributed by atoms with Crippen molar-refractivity contribution in [3.63, 3.8) is 0 Å². The molecule has 2 rings (SSSR count). The van der Waals surface area contributed by atoms with Crippen molar-refractivity contribution in [2.75, 3.05) is 6.54 Å². The highest BCUT2D eigenvalue weighted by Gasteiger charge is 2.16. The fourth-order valence-corrected chi connectivity index (χ4v) is 2.90. The number of aryl methyl sites for hydroxylation is 1. The maximum Gasteiger partial charge on any atom is 0.192 e. The minimum atomic E-state index is -0.0181. The first kappa shape index (κ1) is 13.9. The maximum atomic E-state index is 11.9. The molecule has 19 heavy (non-hydrogen) atoms. The fraction of sp³-hybridized carbons (Fsp3) is 0.462. The van der Waals surface area contributed by atoms with Crippen molar-refractivity contribution in [2.45, 2.75) is 33.2 Å². The fourth-order valence-electron chi connectivity index (χ4n) is 1.88. The van der Waals surface area contributed by atoms with Gasteiger partial charge < -0.3 is 10.3 Å². The molecule has 1 unspecified atom stereocenters. The summed E-state index contributed by atoms with van der Waals surface area (Å²) in [6.45, 7) is 6.91. The van der Waals surface area contributed by atoms with Gasteiger partial charge in [-0.05, 0) is 19.9 Å². The van der Waals surface area contributed by atoms with Crippen LogP contribution >= 0.6 is 11.3 Å². The molecule has 0 aliphatic carbocycles. The second-order valence-corrected chi connectivity index (χ2v) is 5.37. The Morgan fingerprint density at radius 2 is 2.21 bits per heavy atom. The van der Waals surface area contributed by atoms with Crippen molar-refractivity contribution >= 4 is 11.3 Å². The average Bonchev–Trinajstić information content (AvgIpc) is 2.85. The summed E-state index contributed by atoms with van der Waals surface area (Å²) >= 11 is 1.47. The Balaban J connectivity index is 2.32. The van der Waals surface area contributed by atoms with Gasteiger partial charge in [-0.1, -0.05) is 25.2 Å². The topological polar surface area (TPSA) is 70.7 Å². The van der Waals surface area contributed by atoms with E-state index in [1.165, 1.54) is 11.3 Å². The monoisotopic (exact) mass is 278 g/mol. The summed E-state index contributed by atoms with van der Waals surface area (Å²) in [6, 6.07) is 1.79. The number of rotatable bonds is 5. The standard InChI is InChI=1S/C13H18N4OS/c1-4-10(14-5-2)13-17-16-12(19-13)9-7-15-8(3)6-11(9)18/h6-7,10,14H,4-5H2,1-3H3,(H,15,18). The van der Waals surface area contributed by atoms with Crippen LogP contribution in [0.4, 0.5) is 0 Å². The third kappa shape index (κ3) is 3.08. The van der Waals surface area contributed by atoms with Crippen LogP contribution in [0.1, 0.15) is 37.0 Å². The second kappa shape index (κ2) is 6.08. The van der Waals surface area contributed by atoms with Crippen molar-refractivity contribution < 1.29 is 0 Å². The number of nitrogens with one attached hydrogen (secondary N) is 2. The third-order valence-electron chi connectivity index (χ3n) is 2.89. The molecule has 1 atom stereocenters. The average molecular weight is 278 g/mol. The van der Waals surface area contributed by atoms with Crippen LogP contribution in [0, 0.1) is 6.92 Å². The number of aromatic nitrogens is 3. The van der Waals surface area contributed by atoms with Crippen LogP contribution in [0.2, 0.25) is 0 Å². The lowest BCUT2D eigenvalue weighted by Gasteiger charge is -2.10. The van der Waals surface area contributed by atoms with Gasteiger partial charge in [0, 0.05) is 18.0 Å². The van der Waals surface area contributed by atoms with Gasteiger partial charge in [-0.2, -0.15) is 0 Å². The Kier molecular flexibility index (Phi) is 4.44. The van der Waals surface area contributed by atoms with Crippen LogP contribution in [0.5, 0.6) is 0 Å². The largest absolute Gasteiger partial charge is 0.364 e. The number of hydrogen-bond donors (Lipinski definition) is 2. The minimum Gasteiger partial charge on any atom is -0.364 e. The van der Waals surface area contributed by atoms with Crippen molar-refractivity contribution in [2.24, 2.45) is 0 Å². The molecule has 0 fully saturated rings. The number of pyridine rings is 1. The van der Waals surface area contributed by atoms with Gasteiger partial charge in [-0.25, -0.2) is 0 Å². The SMILES string of the molecule is CCNC(CC)c1nnc(-c2c[nH]c(C)cc2=O)s1. The summed E-state index contributed by atoms with van der Waals surface area (Å²) in [5.74, 6) is 0. The molecule has 0 aliphatic rings. The van der Waals surface area contributed by atoms with Gasteiger partial charge in [-0.15, -0.1) is 10.2 Å². The number of nitrogens with zero attached hydrogens (tertiary/aromatic N) is 2. The predicted octanol–water partition coefficient (Wildman–Crippen LogP) is 2.26. The van der Waals surface area contributed by atoms with Gasteiger partial charge >= 0.3 is 0 Å². The normalized spacial score (nSPS) is 12.6. The van der Waals surface area contributed by atoms with Crippen LogP contribution in [-0.4, -0.2) is 21.7 Å². The molecule has 2 aromatic heterocycles. The molecule has 2 aromatic rings. The third-order valence-corrected chi connectivity index (χ3v) is 3.96. The smallest absolute Gasteiger partial charge is 0.192 e. The van der Waals surface area contributed by atoms with E-state index in [-0.39, 0.29) is 11.5 Å². The lowest BCUT2D eigenvalue weighted by molar-refractivity contribution is 0.531. The van der Waals surface area contributed by atoms with Crippen molar-refractivity contribution in [1.82, 2.24) is 20.5 Å². The second-order valence-electron chi connectivity index (χ2n) is 4.36. The first-order valence-corrected chi connectivity index (χ1v) is 7.23. The Morgan fingerprint density at radius 1 is 1.42 bits per heavy atom. The number of H-pyrrole nitrogens is 1. The first-order valence-electron chi connectivity index (χ1n) is 6.42. The predicted molar refractivity (Wildman–Crippen MR) is 77.4 cm³/mol. The molecule has 6 heteroatoms. The zero-order valence-electron chi connectivity index (χ0n) is 11.4. The van der Waals surface area contributed by atoms with Crippen LogP contribution in [-0.2, 0) is 0 Å². The van der Waals surface area contributed by atoms with Gasteiger partial charge in [0.2, 0.25) is 0 Å². The van der Waals surface area contributed by atoms with Crippen LogP contribution in [0.15, 0.2) is 17.1 Å². The van der Waals surface area contributed by atoms with Crippen LogP contribution in [0.25, 0.3) is 10.6 Å². The number of hydrogen-bond acceptors (Lipinski definition) is 5. The molecule has 5 nitrogen and oxygen atoms in total. The Labute approximate surface area is 116 Å². The summed E-state index contributed by atoms with van der Waals surface area (Å²) in [6.07, 6.45) is 2.66. The van der Waals surface area contributed by atoms with Gasteiger partial charge in [0.15, 0.2) is 10.4 Å². The van der Waals surface area contributed by atoms with Crippen molar-refractivity contribution in [3.8, 4) is 10.6 Å². The quantitative estimate of drug-likeness (QED) is 0.880. The molecule has 0 saturated heterocycles. The molecular weight excluding hydrogens is 260 g/mol. The van der Waals surface area contributed by atoms with Crippen molar-refractivity contribution in [1.29, 1.82) is 0 Å². The zero-order valence-corrected chi connectivity index (χ0v) is 12.2. The van der Waals surface area contributed by atoms with E-state index in [2.05, 4.69) is 34.3 Å². The molecule has 0 aromatic carbocycles. The van der Waals surface area contributed by atoms with E-state index in [0.29, 0.717) is 10.6 Å². The van der Waals surface area contributed by atoms with Gasteiger partial charge in [0.1, 0.15) is 5.01 Å². The van der Waals surface area contributed by atoms with E-state index >= 15 is 0 Å². The highest BCUT2D eigenvalue weighted by atomic mass is 32.1. The highest BCUT2D eigenvalue weighted by Crippen LogP contribution is 2.25. The van der Waals surface area contributed by atoms with Gasteiger partial charge in [-0.3, -0.25) is 4.79 Å². The molecule has 0 amide bonds. The lowest BCUT2D eigenvalue weighted by atomic mass is 10.2. The summed E-state index contributed by atoms with van der Waals surface area (Å²) < 4.78 is 0. The van der Waals surface area contributed by atoms with Crippen LogP contribution in [0.3, 0.4) is 0 Å². The van der Waals surface area contributed by atoms with E-state index in [1.54, 1.807) is 12.3 Å². The molecular formula is C13H18N4OS. The molecule has 0 bridgehead atoms. The maximum absolute atomic E-state index is 11.9. The minimum absolute atomic E-state index is 0.0181.